The molecule has 128 valence electrons. The minimum absolute atomic E-state index is 0.0151. The predicted molar refractivity (Wildman–Crippen MR) is 105 cm³/mol. The van der Waals surface area contributed by atoms with E-state index >= 15 is 0 Å². The highest BCUT2D eigenvalue weighted by atomic mass is 16.1. The maximum absolute atomic E-state index is 13.3. The topological polar surface area (TPSA) is 34.4 Å². The Kier molecular flexibility index (Phi) is 3.92. The van der Waals surface area contributed by atoms with Gasteiger partial charge in [0, 0.05) is 17.3 Å². The molecule has 0 saturated carbocycles. The fourth-order valence-electron chi connectivity index (χ4n) is 3.18. The van der Waals surface area contributed by atoms with Crippen LogP contribution in [0.3, 0.4) is 0 Å². The van der Waals surface area contributed by atoms with Crippen LogP contribution in [0, 0.1) is 20.8 Å². The van der Waals surface area contributed by atoms with Gasteiger partial charge >= 0.3 is 0 Å². The summed E-state index contributed by atoms with van der Waals surface area (Å²) in [6, 6.07) is 19.8. The van der Waals surface area contributed by atoms with Gasteiger partial charge in [-0.1, -0.05) is 65.7 Å². The molecule has 3 nitrogen and oxygen atoms in total. The van der Waals surface area contributed by atoms with E-state index in [1.165, 1.54) is 5.56 Å². The Morgan fingerprint density at radius 1 is 0.846 bits per heavy atom. The largest absolute Gasteiger partial charge is 0.296 e. The van der Waals surface area contributed by atoms with Gasteiger partial charge in [-0.05, 0) is 32.4 Å². The van der Waals surface area contributed by atoms with Crippen molar-refractivity contribution in [1.29, 1.82) is 0 Å². The maximum Gasteiger partial charge on any atom is 0.212 e. The molecule has 0 N–H and O–H groups in total. The average Bonchev–Trinajstić information content (AvgIpc) is 3.03. The molecule has 0 atom stereocenters. The Balaban J connectivity index is 1.98. The number of aromatic nitrogens is 2. The molecule has 2 aromatic heterocycles. The van der Waals surface area contributed by atoms with Crippen LogP contribution in [0.4, 0.5) is 0 Å². The number of nitrogens with zero attached hydrogens (tertiary/aromatic N) is 2. The number of aryl methyl sites for hydroxylation is 3. The van der Waals surface area contributed by atoms with Crippen molar-refractivity contribution in [1.82, 2.24) is 9.38 Å². The third kappa shape index (κ3) is 2.72. The lowest BCUT2D eigenvalue weighted by molar-refractivity contribution is 0.103. The van der Waals surface area contributed by atoms with Gasteiger partial charge in [-0.2, -0.15) is 0 Å². The second-order valence-corrected chi connectivity index (χ2v) is 6.76. The molecule has 26 heavy (non-hydrogen) atoms. The Morgan fingerprint density at radius 3 is 2.12 bits per heavy atom. The van der Waals surface area contributed by atoms with Gasteiger partial charge in [0.15, 0.2) is 0 Å². The summed E-state index contributed by atoms with van der Waals surface area (Å²) >= 11 is 0. The number of hydrogen-bond acceptors (Lipinski definition) is 2. The molecule has 4 rings (SSSR count). The van der Waals surface area contributed by atoms with Crippen LogP contribution >= 0.6 is 0 Å². The molecule has 0 saturated heterocycles. The van der Waals surface area contributed by atoms with Crippen molar-refractivity contribution in [2.24, 2.45) is 0 Å². The number of carbonyl (C=O) groups is 1. The number of carbonyl (C=O) groups excluding carboxylic acids is 1. The van der Waals surface area contributed by atoms with Crippen LogP contribution in [-0.2, 0) is 0 Å². The van der Waals surface area contributed by atoms with E-state index in [-0.39, 0.29) is 5.78 Å². The maximum atomic E-state index is 13.3. The summed E-state index contributed by atoms with van der Waals surface area (Å²) in [6.45, 7) is 6.08. The zero-order valence-corrected chi connectivity index (χ0v) is 15.2. The smallest absolute Gasteiger partial charge is 0.212 e. The molecule has 2 aromatic carbocycles. The van der Waals surface area contributed by atoms with Gasteiger partial charge in [0.05, 0.1) is 0 Å². The Labute approximate surface area is 153 Å². The predicted octanol–water partition coefficient (Wildman–Crippen LogP) is 5.16. The van der Waals surface area contributed by atoms with Gasteiger partial charge in [0.2, 0.25) is 5.78 Å². The number of pyridine rings is 1. The van der Waals surface area contributed by atoms with Crippen LogP contribution in [-0.4, -0.2) is 15.2 Å². The van der Waals surface area contributed by atoms with Crippen molar-refractivity contribution in [3.63, 3.8) is 0 Å². The third-order valence-corrected chi connectivity index (χ3v) is 4.70. The second kappa shape index (κ2) is 6.26. The lowest BCUT2D eigenvalue weighted by Gasteiger charge is -2.06. The first-order chi connectivity index (χ1) is 12.5. The van der Waals surface area contributed by atoms with E-state index in [0.29, 0.717) is 11.3 Å². The molecular formula is C23H20N2O. The van der Waals surface area contributed by atoms with Crippen LogP contribution in [0.1, 0.15) is 32.7 Å². The van der Waals surface area contributed by atoms with Gasteiger partial charge in [-0.25, -0.2) is 4.98 Å². The number of fused-ring (bicyclic) bond motifs is 1. The van der Waals surface area contributed by atoms with Crippen molar-refractivity contribution in [2.75, 3.05) is 0 Å². The van der Waals surface area contributed by atoms with Crippen molar-refractivity contribution in [3.05, 3.63) is 94.8 Å². The Bertz CT molecular complexity index is 1100. The summed E-state index contributed by atoms with van der Waals surface area (Å²) in [5.41, 5.74) is 7.14. The lowest BCUT2D eigenvalue weighted by Crippen LogP contribution is -2.07. The summed E-state index contributed by atoms with van der Waals surface area (Å²) in [4.78, 5) is 18.2. The van der Waals surface area contributed by atoms with E-state index in [9.17, 15) is 4.79 Å². The molecule has 0 aliphatic carbocycles. The van der Waals surface area contributed by atoms with Crippen molar-refractivity contribution in [2.45, 2.75) is 20.8 Å². The highest BCUT2D eigenvalue weighted by Crippen LogP contribution is 2.28. The van der Waals surface area contributed by atoms with Gasteiger partial charge in [-0.15, -0.1) is 0 Å². The van der Waals surface area contributed by atoms with E-state index in [1.807, 2.05) is 85.1 Å². The first kappa shape index (κ1) is 16.3. The first-order valence-electron chi connectivity index (χ1n) is 8.70. The summed E-state index contributed by atoms with van der Waals surface area (Å²) < 4.78 is 1.91. The number of ketones is 1. The normalized spacial score (nSPS) is 11.0. The van der Waals surface area contributed by atoms with Gasteiger partial charge in [-0.3, -0.25) is 9.20 Å². The van der Waals surface area contributed by atoms with E-state index in [1.54, 1.807) is 0 Å². The Morgan fingerprint density at radius 2 is 1.46 bits per heavy atom. The molecule has 3 heteroatoms. The summed E-state index contributed by atoms with van der Waals surface area (Å²) in [7, 11) is 0. The highest BCUT2D eigenvalue weighted by Gasteiger charge is 2.22. The van der Waals surface area contributed by atoms with Crippen LogP contribution in [0.2, 0.25) is 0 Å². The number of hydrogen-bond donors (Lipinski definition) is 0. The first-order valence-corrected chi connectivity index (χ1v) is 8.70. The molecular weight excluding hydrogens is 320 g/mol. The minimum Gasteiger partial charge on any atom is -0.296 e. The number of rotatable bonds is 3. The van der Waals surface area contributed by atoms with E-state index in [0.717, 1.165) is 28.0 Å². The molecule has 0 unspecified atom stereocenters. The highest BCUT2D eigenvalue weighted by molar-refractivity contribution is 6.12. The number of benzene rings is 2. The molecule has 0 aliphatic rings. The summed E-state index contributed by atoms with van der Waals surface area (Å²) in [5.74, 6) is -0.0151. The molecule has 0 amide bonds. The van der Waals surface area contributed by atoms with Gasteiger partial charge in [0.25, 0.3) is 0 Å². The standard InChI is InChI=1S/C23H20N2O/c1-15-6-10-18(11-7-15)20-21(22(26)19-12-8-16(2)9-13-19)25-14-4-5-17(3)23(25)24-20/h4-14H,1-3H3. The Hall–Kier alpha value is -3.20. The zero-order valence-electron chi connectivity index (χ0n) is 15.2. The van der Waals surface area contributed by atoms with Crippen molar-refractivity contribution in [3.8, 4) is 11.3 Å². The fourth-order valence-corrected chi connectivity index (χ4v) is 3.18. The van der Waals surface area contributed by atoms with E-state index in [2.05, 4.69) is 6.92 Å². The number of imidazole rings is 1. The molecule has 0 aliphatic heterocycles. The van der Waals surface area contributed by atoms with Crippen molar-refractivity contribution < 1.29 is 4.79 Å². The van der Waals surface area contributed by atoms with Gasteiger partial charge in [0.1, 0.15) is 17.0 Å². The molecule has 0 fully saturated rings. The average molecular weight is 340 g/mol. The lowest BCUT2D eigenvalue weighted by atomic mass is 10.0. The van der Waals surface area contributed by atoms with E-state index in [4.69, 9.17) is 4.98 Å². The van der Waals surface area contributed by atoms with Gasteiger partial charge < -0.3 is 0 Å². The summed E-state index contributed by atoms with van der Waals surface area (Å²) in [6.07, 6.45) is 1.91. The van der Waals surface area contributed by atoms with Crippen molar-refractivity contribution >= 4 is 11.4 Å². The fraction of sp³-hybridized carbons (Fsp3) is 0.130. The van der Waals surface area contributed by atoms with Crippen LogP contribution < -0.4 is 0 Å². The molecule has 4 aromatic rings. The molecule has 0 bridgehead atoms. The van der Waals surface area contributed by atoms with E-state index < -0.39 is 0 Å². The monoisotopic (exact) mass is 340 g/mol. The zero-order chi connectivity index (χ0) is 18.3. The second-order valence-electron chi connectivity index (χ2n) is 6.76. The quantitative estimate of drug-likeness (QED) is 0.483. The van der Waals surface area contributed by atoms with Crippen LogP contribution in [0.25, 0.3) is 16.9 Å². The molecule has 0 radical (unpaired) electrons. The van der Waals surface area contributed by atoms with Crippen LogP contribution in [0.15, 0.2) is 66.9 Å². The SMILES string of the molecule is Cc1ccc(C(=O)c2c(-c3ccc(C)cc3)nc3c(C)cccn23)cc1. The summed E-state index contributed by atoms with van der Waals surface area (Å²) in [5, 5.41) is 0. The molecule has 2 heterocycles. The molecule has 0 spiro atoms. The van der Waals surface area contributed by atoms with Crippen LogP contribution in [0.5, 0.6) is 0 Å². The third-order valence-electron chi connectivity index (χ3n) is 4.70. The minimum atomic E-state index is -0.0151.